The molecule has 2 amide bonds. The van der Waals surface area contributed by atoms with Crippen molar-refractivity contribution in [3.8, 4) is 0 Å². The maximum Gasteiger partial charge on any atom is 0.240 e. The summed E-state index contributed by atoms with van der Waals surface area (Å²) in [5.74, 6) is 0.00410. The van der Waals surface area contributed by atoms with Gasteiger partial charge < -0.3 is 11.1 Å². The number of primary amides is 1. The lowest BCUT2D eigenvalue weighted by Gasteiger charge is -2.17. The van der Waals surface area contributed by atoms with Crippen LogP contribution in [0.15, 0.2) is 35.2 Å². The summed E-state index contributed by atoms with van der Waals surface area (Å²) in [6, 6.07) is 8.32. The minimum Gasteiger partial charge on any atom is -0.368 e. The van der Waals surface area contributed by atoms with E-state index in [0.29, 0.717) is 23.0 Å². The number of nitrogens with two attached hydrogens (primary N) is 1. The lowest BCUT2D eigenvalue weighted by atomic mass is 10.0. The summed E-state index contributed by atoms with van der Waals surface area (Å²) in [4.78, 5) is 24.3. The first-order valence-corrected chi connectivity index (χ1v) is 9.40. The first kappa shape index (κ1) is 17.7. The van der Waals surface area contributed by atoms with E-state index in [2.05, 4.69) is 5.32 Å². The summed E-state index contributed by atoms with van der Waals surface area (Å²) in [5.41, 5.74) is 5.37. The van der Waals surface area contributed by atoms with Crippen LogP contribution >= 0.6 is 0 Å². The molecule has 2 atom stereocenters. The van der Waals surface area contributed by atoms with Gasteiger partial charge in [0.05, 0.1) is 10.8 Å². The largest absolute Gasteiger partial charge is 0.368 e. The number of benzene rings is 1. The van der Waals surface area contributed by atoms with Crippen molar-refractivity contribution < 1.29 is 13.8 Å². The van der Waals surface area contributed by atoms with Gasteiger partial charge in [-0.25, -0.2) is 0 Å². The molecule has 23 heavy (non-hydrogen) atoms. The molecule has 1 aromatic carbocycles. The Bertz CT molecular complexity index is 556. The van der Waals surface area contributed by atoms with Crippen LogP contribution in [0.4, 0.5) is 0 Å². The van der Waals surface area contributed by atoms with Crippen LogP contribution in [0.3, 0.4) is 0 Å². The Balaban J connectivity index is 1.82. The minimum absolute atomic E-state index is 0.133. The van der Waals surface area contributed by atoms with E-state index >= 15 is 0 Å². The second-order valence-electron chi connectivity index (χ2n) is 6.03. The molecule has 1 aliphatic carbocycles. The van der Waals surface area contributed by atoms with Gasteiger partial charge in [0.25, 0.3) is 0 Å². The normalized spacial score (nSPS) is 17.6. The molecule has 0 bridgehead atoms. The smallest absolute Gasteiger partial charge is 0.240 e. The van der Waals surface area contributed by atoms with Gasteiger partial charge in [-0.05, 0) is 37.3 Å². The molecule has 1 aliphatic rings. The highest BCUT2D eigenvalue weighted by atomic mass is 32.2. The maximum absolute atomic E-state index is 12.2. The molecular formula is C17H24N2O3S. The van der Waals surface area contributed by atoms with Crippen molar-refractivity contribution in [2.24, 2.45) is 11.7 Å². The Morgan fingerprint density at radius 2 is 1.87 bits per heavy atom. The first-order chi connectivity index (χ1) is 11.1. The molecule has 126 valence electrons. The van der Waals surface area contributed by atoms with Crippen LogP contribution in [0.25, 0.3) is 0 Å². The fourth-order valence-electron chi connectivity index (χ4n) is 2.93. The van der Waals surface area contributed by atoms with Gasteiger partial charge in [0.1, 0.15) is 6.04 Å². The van der Waals surface area contributed by atoms with Crippen molar-refractivity contribution in [3.05, 3.63) is 30.3 Å². The average Bonchev–Trinajstić information content (AvgIpc) is 3.04. The van der Waals surface area contributed by atoms with E-state index in [9.17, 15) is 13.8 Å². The molecule has 2 rings (SSSR count). The zero-order valence-corrected chi connectivity index (χ0v) is 14.0. The second kappa shape index (κ2) is 8.82. The molecule has 1 fully saturated rings. The van der Waals surface area contributed by atoms with Gasteiger partial charge in [-0.15, -0.1) is 0 Å². The zero-order valence-electron chi connectivity index (χ0n) is 13.2. The topological polar surface area (TPSA) is 89.3 Å². The molecule has 0 radical (unpaired) electrons. The van der Waals surface area contributed by atoms with E-state index < -0.39 is 22.7 Å². The Morgan fingerprint density at radius 3 is 2.48 bits per heavy atom. The molecule has 6 heteroatoms. The number of hydrogen-bond acceptors (Lipinski definition) is 3. The van der Waals surface area contributed by atoms with Crippen molar-refractivity contribution in [1.29, 1.82) is 0 Å². The van der Waals surface area contributed by atoms with Crippen LogP contribution in [0.1, 0.15) is 38.5 Å². The van der Waals surface area contributed by atoms with E-state index in [4.69, 9.17) is 5.73 Å². The minimum atomic E-state index is -1.20. The fourth-order valence-corrected chi connectivity index (χ4v) is 4.08. The van der Waals surface area contributed by atoms with Crippen molar-refractivity contribution >= 4 is 22.6 Å². The summed E-state index contributed by atoms with van der Waals surface area (Å²) in [7, 11) is -1.20. The Labute approximate surface area is 139 Å². The fraction of sp³-hybridized carbons (Fsp3) is 0.529. The van der Waals surface area contributed by atoms with Gasteiger partial charge in [-0.2, -0.15) is 0 Å². The van der Waals surface area contributed by atoms with Crippen LogP contribution < -0.4 is 11.1 Å². The molecule has 5 nitrogen and oxygen atoms in total. The summed E-state index contributed by atoms with van der Waals surface area (Å²) in [6.07, 6.45) is 5.23. The van der Waals surface area contributed by atoms with Gasteiger partial charge in [0.2, 0.25) is 11.8 Å². The third-order valence-corrected chi connectivity index (χ3v) is 5.63. The van der Waals surface area contributed by atoms with Crippen molar-refractivity contribution in [1.82, 2.24) is 5.32 Å². The summed E-state index contributed by atoms with van der Waals surface area (Å²) in [5, 5.41) is 2.70. The number of carbonyl (C=O) groups is 2. The first-order valence-electron chi connectivity index (χ1n) is 8.08. The molecule has 0 aromatic heterocycles. The predicted molar refractivity (Wildman–Crippen MR) is 90.0 cm³/mol. The monoisotopic (exact) mass is 336 g/mol. The number of hydrogen-bond donors (Lipinski definition) is 2. The summed E-state index contributed by atoms with van der Waals surface area (Å²) >= 11 is 0. The van der Waals surface area contributed by atoms with Crippen LogP contribution in [-0.2, 0) is 20.4 Å². The van der Waals surface area contributed by atoms with Crippen LogP contribution in [0.5, 0.6) is 0 Å². The zero-order chi connectivity index (χ0) is 16.7. The van der Waals surface area contributed by atoms with E-state index in [0.717, 1.165) is 12.8 Å². The van der Waals surface area contributed by atoms with Gasteiger partial charge in [-0.3, -0.25) is 13.8 Å². The molecule has 0 saturated heterocycles. The van der Waals surface area contributed by atoms with E-state index in [1.54, 1.807) is 12.1 Å². The molecule has 3 N–H and O–H groups in total. The third kappa shape index (κ3) is 5.78. The third-order valence-electron chi connectivity index (χ3n) is 4.23. The van der Waals surface area contributed by atoms with Crippen molar-refractivity contribution in [2.75, 3.05) is 5.75 Å². The van der Waals surface area contributed by atoms with E-state index in [1.165, 1.54) is 12.8 Å². The van der Waals surface area contributed by atoms with Crippen LogP contribution in [-0.4, -0.2) is 27.8 Å². The molecule has 1 aromatic rings. The van der Waals surface area contributed by atoms with Gasteiger partial charge in [0, 0.05) is 17.1 Å². The molecule has 0 aliphatic heterocycles. The highest BCUT2D eigenvalue weighted by molar-refractivity contribution is 7.85. The van der Waals surface area contributed by atoms with Gasteiger partial charge in [-0.1, -0.05) is 31.0 Å². The molecule has 0 spiro atoms. The number of nitrogens with one attached hydrogen (secondary N) is 1. The molecular weight excluding hydrogens is 312 g/mol. The highest BCUT2D eigenvalue weighted by Gasteiger charge is 2.23. The number of rotatable bonds is 8. The van der Waals surface area contributed by atoms with Crippen LogP contribution in [0.2, 0.25) is 0 Å². The quantitative estimate of drug-likeness (QED) is 0.758. The highest BCUT2D eigenvalue weighted by Crippen LogP contribution is 2.27. The Kier molecular flexibility index (Phi) is 6.77. The van der Waals surface area contributed by atoms with E-state index in [1.807, 2.05) is 18.2 Å². The lowest BCUT2D eigenvalue weighted by Crippen LogP contribution is -2.45. The van der Waals surface area contributed by atoms with Gasteiger partial charge >= 0.3 is 0 Å². The van der Waals surface area contributed by atoms with Crippen molar-refractivity contribution in [3.63, 3.8) is 0 Å². The molecule has 0 heterocycles. The van der Waals surface area contributed by atoms with E-state index in [-0.39, 0.29) is 12.3 Å². The van der Waals surface area contributed by atoms with Crippen LogP contribution in [0, 0.1) is 5.92 Å². The molecule has 1 saturated carbocycles. The Morgan fingerprint density at radius 1 is 1.22 bits per heavy atom. The lowest BCUT2D eigenvalue weighted by molar-refractivity contribution is -0.127. The standard InChI is InChI=1S/C17H24N2O3S/c18-17(21)15(19-16(20)12-13-6-4-5-7-13)10-11-23(22)14-8-2-1-3-9-14/h1-3,8-9,13,15H,4-7,10-12H2,(H2,18,21)(H,19,20)/t15-,23+/m0/s1. The summed E-state index contributed by atoms with van der Waals surface area (Å²) in [6.45, 7) is 0. The molecule has 0 unspecified atom stereocenters. The average molecular weight is 336 g/mol. The summed E-state index contributed by atoms with van der Waals surface area (Å²) < 4.78 is 12.2. The second-order valence-corrected chi connectivity index (χ2v) is 7.60. The Hall–Kier alpha value is -1.69. The van der Waals surface area contributed by atoms with Crippen molar-refractivity contribution in [2.45, 2.75) is 49.5 Å². The maximum atomic E-state index is 12.2. The van der Waals surface area contributed by atoms with Gasteiger partial charge in [0.15, 0.2) is 0 Å². The number of carbonyl (C=O) groups excluding carboxylic acids is 2. The number of amides is 2. The SMILES string of the molecule is NC(=O)[C@H](CC[S@@](=O)c1ccccc1)NC(=O)CC1CCCC1. The predicted octanol–water partition coefficient (Wildman–Crippen LogP) is 1.73.